The Labute approximate surface area is 262 Å². The van der Waals surface area contributed by atoms with E-state index >= 15 is 0 Å². The minimum absolute atomic E-state index is 0.579. The lowest BCUT2D eigenvalue weighted by atomic mass is 10.1. The summed E-state index contributed by atoms with van der Waals surface area (Å²) in [5, 5.41) is 3.87. The minimum Gasteiger partial charge on any atom is -0.438 e. The van der Waals surface area contributed by atoms with Crippen LogP contribution < -0.4 is 0 Å². The summed E-state index contributed by atoms with van der Waals surface area (Å²) in [7, 11) is 2.05. The van der Waals surface area contributed by atoms with Crippen molar-refractivity contribution in [3.8, 4) is 5.69 Å². The van der Waals surface area contributed by atoms with Crippen molar-refractivity contribution in [2.24, 2.45) is 7.05 Å². The third-order valence-electron chi connectivity index (χ3n) is 9.69. The van der Waals surface area contributed by atoms with E-state index in [2.05, 4.69) is 96.7 Å². The van der Waals surface area contributed by atoms with E-state index in [0.717, 1.165) is 94.1 Å². The summed E-state index contributed by atoms with van der Waals surface area (Å²) in [4.78, 5) is 19.5. The van der Waals surface area contributed by atoms with Gasteiger partial charge in [0.05, 0.1) is 72.2 Å². The lowest BCUT2D eigenvalue weighted by molar-refractivity contribution is 0.654. The quantitative estimate of drug-likeness (QED) is 0.186. The molecule has 0 bridgehead atoms. The molecule has 0 aliphatic rings. The average Bonchev–Trinajstić information content (AvgIpc) is 3.93. The molecule has 12 rings (SSSR count). The van der Waals surface area contributed by atoms with E-state index in [1.54, 1.807) is 6.20 Å². The van der Waals surface area contributed by atoms with Crippen molar-refractivity contribution in [1.82, 2.24) is 37.9 Å². The average molecular weight is 609 g/mol. The van der Waals surface area contributed by atoms with E-state index in [-0.39, 0.29) is 0 Å². The molecular weight excluding hydrogens is 588 g/mol. The van der Waals surface area contributed by atoms with Gasteiger partial charge in [0, 0.05) is 24.7 Å². The second-order valence-electron chi connectivity index (χ2n) is 12.1. The molecular formula is C37H20N8O2. The summed E-state index contributed by atoms with van der Waals surface area (Å²) >= 11 is 0. The third kappa shape index (κ3) is 2.78. The maximum Gasteiger partial charge on any atom is 0.227 e. The summed E-state index contributed by atoms with van der Waals surface area (Å²) in [6.45, 7) is 0. The SMILES string of the molecule is Cn1c2ccccc2n2c3cc4c(cc3nc12)oc1ncc(-n2c3ccccc3n3c5c(ccc6oc7ncccc7c65)nc23)cc14. The molecule has 4 aromatic carbocycles. The maximum atomic E-state index is 6.31. The van der Waals surface area contributed by atoms with Gasteiger partial charge in [-0.25, -0.2) is 19.9 Å². The zero-order valence-corrected chi connectivity index (χ0v) is 24.7. The highest BCUT2D eigenvalue weighted by atomic mass is 16.3. The molecule has 0 fully saturated rings. The van der Waals surface area contributed by atoms with Crippen LogP contribution in [0.15, 0.2) is 112 Å². The molecule has 8 aromatic heterocycles. The number of fused-ring (bicyclic) bond motifs is 17. The predicted molar refractivity (Wildman–Crippen MR) is 182 cm³/mol. The first kappa shape index (κ1) is 23.7. The van der Waals surface area contributed by atoms with E-state index in [1.807, 2.05) is 30.5 Å². The molecule has 0 saturated heterocycles. The van der Waals surface area contributed by atoms with Crippen LogP contribution in [0.1, 0.15) is 0 Å². The molecule has 0 N–H and O–H groups in total. The van der Waals surface area contributed by atoms with Crippen LogP contribution in [0.5, 0.6) is 0 Å². The molecule has 10 nitrogen and oxygen atoms in total. The number of benzene rings is 4. The van der Waals surface area contributed by atoms with Crippen molar-refractivity contribution in [2.45, 2.75) is 0 Å². The molecule has 0 unspecified atom stereocenters. The normalized spacial score (nSPS) is 12.8. The number of hydrogen-bond acceptors (Lipinski definition) is 6. The number of aryl methyl sites for hydroxylation is 1. The van der Waals surface area contributed by atoms with Crippen LogP contribution in [0, 0.1) is 0 Å². The van der Waals surface area contributed by atoms with Gasteiger partial charge in [0.15, 0.2) is 0 Å². The smallest absolute Gasteiger partial charge is 0.227 e. The first-order valence-corrected chi connectivity index (χ1v) is 15.4. The van der Waals surface area contributed by atoms with Crippen LogP contribution in [-0.2, 0) is 7.05 Å². The second kappa shape index (κ2) is 7.93. The molecule has 8 heterocycles. The molecule has 0 amide bonds. The molecule has 220 valence electrons. The third-order valence-corrected chi connectivity index (χ3v) is 9.69. The Kier molecular flexibility index (Phi) is 3.99. The van der Waals surface area contributed by atoms with E-state index in [1.165, 1.54) is 0 Å². The number of pyridine rings is 2. The first-order chi connectivity index (χ1) is 23.2. The van der Waals surface area contributed by atoms with Gasteiger partial charge in [0.1, 0.15) is 11.2 Å². The Morgan fingerprint density at radius 1 is 0.574 bits per heavy atom. The van der Waals surface area contributed by atoms with E-state index in [9.17, 15) is 0 Å². The highest BCUT2D eigenvalue weighted by Crippen LogP contribution is 2.39. The number of aromatic nitrogens is 8. The summed E-state index contributed by atoms with van der Waals surface area (Å²) in [6.07, 6.45) is 3.62. The van der Waals surface area contributed by atoms with Crippen LogP contribution in [0.25, 0.3) is 106 Å². The molecule has 12 aromatic rings. The van der Waals surface area contributed by atoms with Crippen molar-refractivity contribution in [1.29, 1.82) is 0 Å². The van der Waals surface area contributed by atoms with Crippen LogP contribution in [0.3, 0.4) is 0 Å². The fourth-order valence-corrected chi connectivity index (χ4v) is 7.67. The fourth-order valence-electron chi connectivity index (χ4n) is 7.67. The molecule has 0 radical (unpaired) electrons. The fraction of sp³-hybridized carbons (Fsp3) is 0.0270. The van der Waals surface area contributed by atoms with Gasteiger partial charge >= 0.3 is 0 Å². The summed E-state index contributed by atoms with van der Waals surface area (Å²) in [6, 6.07) is 31.1. The Bertz CT molecular complexity index is 3330. The van der Waals surface area contributed by atoms with Crippen LogP contribution in [0.4, 0.5) is 0 Å². The van der Waals surface area contributed by atoms with Crippen LogP contribution >= 0.6 is 0 Å². The van der Waals surface area contributed by atoms with Gasteiger partial charge in [-0.05, 0) is 60.7 Å². The van der Waals surface area contributed by atoms with Gasteiger partial charge in [0.25, 0.3) is 0 Å². The Morgan fingerprint density at radius 3 is 2.23 bits per heavy atom. The number of para-hydroxylation sites is 4. The molecule has 10 heteroatoms. The number of imidazole rings is 4. The zero-order valence-electron chi connectivity index (χ0n) is 24.7. The Morgan fingerprint density at radius 2 is 1.34 bits per heavy atom. The summed E-state index contributed by atoms with van der Waals surface area (Å²) in [5.74, 6) is 1.68. The molecule has 0 spiro atoms. The molecule has 0 aliphatic carbocycles. The van der Waals surface area contributed by atoms with Crippen molar-refractivity contribution in [3.05, 3.63) is 103 Å². The lowest BCUT2D eigenvalue weighted by Gasteiger charge is -2.04. The van der Waals surface area contributed by atoms with Gasteiger partial charge in [-0.15, -0.1) is 0 Å². The highest BCUT2D eigenvalue weighted by molar-refractivity contribution is 6.18. The Balaban J connectivity index is 1.18. The minimum atomic E-state index is 0.579. The van der Waals surface area contributed by atoms with Crippen molar-refractivity contribution >= 4 is 99.8 Å². The van der Waals surface area contributed by atoms with E-state index < -0.39 is 0 Å². The molecule has 0 saturated carbocycles. The van der Waals surface area contributed by atoms with Gasteiger partial charge < -0.3 is 13.4 Å². The number of furan rings is 2. The first-order valence-electron chi connectivity index (χ1n) is 15.4. The lowest BCUT2D eigenvalue weighted by Crippen LogP contribution is -1.96. The standard InChI is InChI=1S/C37H20N8O2/c1-42-25-8-2-3-9-26(25)44-29-16-21-22-15-19(18-39-35(22)47-31(21)17-24(29)41-36(42)44)43-27-10-4-5-11-28(27)45-33-23(40-37(43)45)12-13-30-32(33)20-7-6-14-38-34(20)46-30/h2-18H,1H3. The predicted octanol–water partition coefficient (Wildman–Crippen LogP) is 8.31. The van der Waals surface area contributed by atoms with E-state index in [4.69, 9.17) is 23.8 Å². The highest BCUT2D eigenvalue weighted by Gasteiger charge is 2.23. The van der Waals surface area contributed by atoms with Gasteiger partial charge in [0.2, 0.25) is 23.0 Å². The van der Waals surface area contributed by atoms with Gasteiger partial charge in [-0.2, -0.15) is 0 Å². The Hall–Kier alpha value is -6.68. The topological polar surface area (TPSA) is 96.5 Å². The second-order valence-corrected chi connectivity index (χ2v) is 12.1. The van der Waals surface area contributed by atoms with Crippen molar-refractivity contribution < 1.29 is 8.83 Å². The molecule has 0 atom stereocenters. The van der Waals surface area contributed by atoms with Gasteiger partial charge in [-0.1, -0.05) is 24.3 Å². The van der Waals surface area contributed by atoms with Crippen molar-refractivity contribution in [3.63, 3.8) is 0 Å². The van der Waals surface area contributed by atoms with Crippen molar-refractivity contribution in [2.75, 3.05) is 0 Å². The number of rotatable bonds is 1. The monoisotopic (exact) mass is 608 g/mol. The molecule has 0 aliphatic heterocycles. The summed E-state index contributed by atoms with van der Waals surface area (Å²) < 4.78 is 21.2. The summed E-state index contributed by atoms with van der Waals surface area (Å²) in [5.41, 5.74) is 11.7. The van der Waals surface area contributed by atoms with Crippen LogP contribution in [0.2, 0.25) is 0 Å². The number of hydrogen-bond donors (Lipinski definition) is 0. The maximum absolute atomic E-state index is 6.31. The van der Waals surface area contributed by atoms with E-state index in [0.29, 0.717) is 11.4 Å². The molecule has 47 heavy (non-hydrogen) atoms. The van der Waals surface area contributed by atoms with Crippen LogP contribution in [-0.4, -0.2) is 37.9 Å². The largest absolute Gasteiger partial charge is 0.438 e. The number of nitrogens with zero attached hydrogens (tertiary/aromatic N) is 8. The van der Waals surface area contributed by atoms with Gasteiger partial charge in [-0.3, -0.25) is 13.4 Å². The zero-order chi connectivity index (χ0) is 30.5.